The molecule has 1 aromatic rings. The molecular weight excluding hydrogens is 256 g/mol. The van der Waals surface area contributed by atoms with Crippen molar-refractivity contribution in [1.29, 1.82) is 0 Å². The van der Waals surface area contributed by atoms with E-state index in [2.05, 4.69) is 0 Å². The number of hydrogen-bond acceptors (Lipinski definition) is 4. The van der Waals surface area contributed by atoms with Crippen LogP contribution in [0.4, 0.5) is 11.4 Å². The number of benzene rings is 1. The van der Waals surface area contributed by atoms with E-state index in [-0.39, 0.29) is 6.54 Å². The van der Waals surface area contributed by atoms with E-state index in [0.29, 0.717) is 17.8 Å². The third-order valence-corrected chi connectivity index (χ3v) is 5.16. The summed E-state index contributed by atoms with van der Waals surface area (Å²) in [7, 11) is -3.92. The summed E-state index contributed by atoms with van der Waals surface area (Å²) in [6.07, 6.45) is 0.548. The average molecular weight is 270 g/mol. The Morgan fingerprint density at radius 3 is 2.78 bits per heavy atom. The van der Waals surface area contributed by atoms with Crippen molar-refractivity contribution in [1.82, 2.24) is 0 Å². The van der Waals surface area contributed by atoms with Gasteiger partial charge in [0.2, 0.25) is 10.0 Å². The Bertz CT molecular complexity index is 597. The number of anilines is 2. The van der Waals surface area contributed by atoms with Gasteiger partial charge < -0.3 is 10.8 Å². The molecule has 6 nitrogen and oxygen atoms in total. The zero-order chi connectivity index (χ0) is 13.5. The van der Waals surface area contributed by atoms with Crippen molar-refractivity contribution in [3.8, 4) is 0 Å². The summed E-state index contributed by atoms with van der Waals surface area (Å²) in [5.74, 6) is -1.36. The highest BCUT2D eigenvalue weighted by Crippen LogP contribution is 2.36. The fourth-order valence-electron chi connectivity index (χ4n) is 2.02. The Balaban J connectivity index is 2.49. The molecule has 0 saturated heterocycles. The second-order valence-electron chi connectivity index (χ2n) is 4.20. The zero-order valence-corrected chi connectivity index (χ0v) is 10.6. The van der Waals surface area contributed by atoms with Gasteiger partial charge in [-0.15, -0.1) is 0 Å². The van der Waals surface area contributed by atoms with Gasteiger partial charge in [0.15, 0.2) is 5.25 Å². The zero-order valence-electron chi connectivity index (χ0n) is 9.83. The first-order valence-electron chi connectivity index (χ1n) is 5.47. The molecule has 1 atom stereocenters. The monoisotopic (exact) mass is 270 g/mol. The van der Waals surface area contributed by atoms with Crippen LogP contribution in [-0.2, 0) is 21.2 Å². The lowest BCUT2D eigenvalue weighted by molar-refractivity contribution is -0.136. The molecular formula is C11H14N2O4S. The van der Waals surface area contributed by atoms with E-state index in [4.69, 9.17) is 10.8 Å². The third kappa shape index (κ3) is 1.80. The molecule has 0 amide bonds. The van der Waals surface area contributed by atoms with Crippen LogP contribution in [0.2, 0.25) is 0 Å². The molecule has 18 heavy (non-hydrogen) atoms. The lowest BCUT2D eigenvalue weighted by Crippen LogP contribution is -2.40. The van der Waals surface area contributed by atoms with Gasteiger partial charge in [0.1, 0.15) is 0 Å². The maximum atomic E-state index is 12.2. The van der Waals surface area contributed by atoms with Gasteiger partial charge in [-0.3, -0.25) is 9.10 Å². The number of sulfonamides is 1. The van der Waals surface area contributed by atoms with E-state index in [0.717, 1.165) is 16.8 Å². The van der Waals surface area contributed by atoms with Crippen molar-refractivity contribution in [2.45, 2.75) is 18.6 Å². The van der Waals surface area contributed by atoms with Crippen LogP contribution in [0.15, 0.2) is 18.2 Å². The van der Waals surface area contributed by atoms with Crippen LogP contribution in [0.5, 0.6) is 0 Å². The highest BCUT2D eigenvalue weighted by atomic mass is 32.2. The Hall–Kier alpha value is -1.76. The summed E-state index contributed by atoms with van der Waals surface area (Å²) in [6, 6.07) is 5.16. The molecule has 1 aliphatic rings. The van der Waals surface area contributed by atoms with Crippen molar-refractivity contribution < 1.29 is 18.3 Å². The predicted octanol–water partition coefficient (Wildman–Crippen LogP) is 0.434. The number of hydrogen-bond donors (Lipinski definition) is 2. The molecule has 1 unspecified atom stereocenters. The molecule has 0 radical (unpaired) electrons. The van der Waals surface area contributed by atoms with E-state index < -0.39 is 21.2 Å². The summed E-state index contributed by atoms with van der Waals surface area (Å²) < 4.78 is 25.5. The van der Waals surface area contributed by atoms with E-state index in [9.17, 15) is 13.2 Å². The SMILES string of the molecule is CC(C(=O)O)S(=O)(=O)N1CCc2cccc(N)c21. The van der Waals surface area contributed by atoms with E-state index in [1.54, 1.807) is 18.2 Å². The summed E-state index contributed by atoms with van der Waals surface area (Å²) >= 11 is 0. The highest BCUT2D eigenvalue weighted by Gasteiger charge is 2.38. The number of nitrogens with zero attached hydrogens (tertiary/aromatic N) is 1. The smallest absolute Gasteiger partial charge is 0.323 e. The maximum Gasteiger partial charge on any atom is 0.323 e. The lowest BCUT2D eigenvalue weighted by atomic mass is 10.1. The first-order chi connectivity index (χ1) is 8.35. The van der Waals surface area contributed by atoms with E-state index in [1.807, 2.05) is 0 Å². The largest absolute Gasteiger partial charge is 0.480 e. The highest BCUT2D eigenvalue weighted by molar-refractivity contribution is 7.94. The van der Waals surface area contributed by atoms with Crippen LogP contribution < -0.4 is 10.0 Å². The van der Waals surface area contributed by atoms with Crippen molar-refractivity contribution >= 4 is 27.4 Å². The number of rotatable bonds is 3. The van der Waals surface area contributed by atoms with Crippen molar-refractivity contribution in [2.24, 2.45) is 0 Å². The van der Waals surface area contributed by atoms with Gasteiger partial charge in [0, 0.05) is 6.54 Å². The normalized spacial score (nSPS) is 16.4. The molecule has 0 saturated carbocycles. The molecule has 2 rings (SSSR count). The van der Waals surface area contributed by atoms with Gasteiger partial charge in [-0.1, -0.05) is 12.1 Å². The number of nitrogens with two attached hydrogens (primary N) is 1. The molecule has 0 aliphatic carbocycles. The minimum Gasteiger partial charge on any atom is -0.480 e. The Morgan fingerprint density at radius 1 is 1.50 bits per heavy atom. The van der Waals surface area contributed by atoms with Gasteiger partial charge in [0.25, 0.3) is 0 Å². The Kier molecular flexibility index (Phi) is 2.94. The number of para-hydroxylation sites is 1. The molecule has 0 aromatic heterocycles. The molecule has 98 valence electrons. The predicted molar refractivity (Wildman–Crippen MR) is 67.9 cm³/mol. The standard InChI is InChI=1S/C11H14N2O4S/c1-7(11(14)15)18(16,17)13-6-5-8-3-2-4-9(12)10(8)13/h2-4,7H,5-6,12H2,1H3,(H,14,15). The molecule has 0 bridgehead atoms. The topological polar surface area (TPSA) is 101 Å². The van der Waals surface area contributed by atoms with Crippen molar-refractivity contribution in [3.63, 3.8) is 0 Å². The molecule has 3 N–H and O–H groups in total. The molecule has 0 spiro atoms. The lowest BCUT2D eigenvalue weighted by Gasteiger charge is -2.22. The summed E-state index contributed by atoms with van der Waals surface area (Å²) in [5.41, 5.74) is 7.39. The summed E-state index contributed by atoms with van der Waals surface area (Å²) in [5, 5.41) is 7.37. The minimum atomic E-state index is -3.92. The van der Waals surface area contributed by atoms with Gasteiger partial charge in [-0.05, 0) is 25.0 Å². The Morgan fingerprint density at radius 2 is 2.17 bits per heavy atom. The van der Waals surface area contributed by atoms with Crippen molar-refractivity contribution in [2.75, 3.05) is 16.6 Å². The van der Waals surface area contributed by atoms with Crippen LogP contribution in [0, 0.1) is 0 Å². The van der Waals surface area contributed by atoms with Gasteiger partial charge in [0.05, 0.1) is 11.4 Å². The molecule has 1 heterocycles. The summed E-state index contributed by atoms with van der Waals surface area (Å²) in [4.78, 5) is 10.9. The average Bonchev–Trinajstić information content (AvgIpc) is 2.73. The van der Waals surface area contributed by atoms with Gasteiger partial charge >= 0.3 is 5.97 Å². The van der Waals surface area contributed by atoms with Crippen molar-refractivity contribution in [3.05, 3.63) is 23.8 Å². The van der Waals surface area contributed by atoms with Crippen LogP contribution in [0.25, 0.3) is 0 Å². The van der Waals surface area contributed by atoms with Crippen LogP contribution in [0.3, 0.4) is 0 Å². The first-order valence-corrected chi connectivity index (χ1v) is 6.97. The number of carbonyl (C=O) groups is 1. The molecule has 1 aliphatic heterocycles. The number of nitrogen functional groups attached to an aromatic ring is 1. The maximum absolute atomic E-state index is 12.2. The molecule has 7 heteroatoms. The van der Waals surface area contributed by atoms with Crippen LogP contribution in [-0.4, -0.2) is 31.3 Å². The Labute approximate surface area is 105 Å². The fourth-order valence-corrected chi connectivity index (χ4v) is 3.48. The number of carboxylic acid groups (broad SMARTS) is 1. The quantitative estimate of drug-likeness (QED) is 0.776. The first kappa shape index (κ1) is 12.7. The second-order valence-corrected chi connectivity index (χ2v) is 6.38. The second kappa shape index (κ2) is 4.16. The third-order valence-electron chi connectivity index (χ3n) is 3.09. The molecule has 1 aromatic carbocycles. The van der Waals surface area contributed by atoms with Gasteiger partial charge in [-0.2, -0.15) is 0 Å². The van der Waals surface area contributed by atoms with E-state index >= 15 is 0 Å². The molecule has 0 fully saturated rings. The van der Waals surface area contributed by atoms with Gasteiger partial charge in [-0.25, -0.2) is 8.42 Å². The number of aliphatic carboxylic acids is 1. The van der Waals surface area contributed by atoms with E-state index in [1.165, 1.54) is 0 Å². The van der Waals surface area contributed by atoms with Crippen LogP contribution >= 0.6 is 0 Å². The fraction of sp³-hybridized carbons (Fsp3) is 0.364. The van der Waals surface area contributed by atoms with Crippen LogP contribution in [0.1, 0.15) is 12.5 Å². The number of carboxylic acids is 1. The summed E-state index contributed by atoms with van der Waals surface area (Å²) in [6.45, 7) is 1.40. The number of fused-ring (bicyclic) bond motifs is 1. The minimum absolute atomic E-state index is 0.240.